The van der Waals surface area contributed by atoms with Crippen molar-refractivity contribution >= 4 is 16.1 Å². The van der Waals surface area contributed by atoms with Crippen LogP contribution in [-0.2, 0) is 0 Å². The Morgan fingerprint density at radius 2 is 1.82 bits per heavy atom. The summed E-state index contributed by atoms with van der Waals surface area (Å²) in [6, 6.07) is 1.15. The average Bonchev–Trinajstić information content (AvgIpc) is 1.94. The van der Waals surface area contributed by atoms with Gasteiger partial charge in [0.25, 0.3) is 0 Å². The Labute approximate surface area is 71.2 Å². The van der Waals surface area contributed by atoms with Gasteiger partial charge in [0.2, 0.25) is 0 Å². The van der Waals surface area contributed by atoms with Crippen molar-refractivity contribution in [1.29, 1.82) is 0 Å². The molecule has 0 aliphatic carbocycles. The maximum atomic E-state index is 10.0. The van der Waals surface area contributed by atoms with Gasteiger partial charge in [-0.1, -0.05) is 31.4 Å². The van der Waals surface area contributed by atoms with Crippen molar-refractivity contribution in [3.8, 4) is 0 Å². The van der Waals surface area contributed by atoms with E-state index in [2.05, 4.69) is 32.8 Å². The van der Waals surface area contributed by atoms with Crippen molar-refractivity contribution in [2.24, 2.45) is 0 Å². The van der Waals surface area contributed by atoms with Gasteiger partial charge in [0, 0.05) is 5.35 Å². The highest BCUT2D eigenvalue weighted by molar-refractivity contribution is 7.05. The predicted octanol–water partition coefficient (Wildman–Crippen LogP) is 1.95. The molecule has 1 nitrogen and oxygen atoms in total. The van der Waals surface area contributed by atoms with Gasteiger partial charge in [-0.05, 0) is 6.04 Å². The smallest absolute Gasteiger partial charge is 0.103 e. The van der Waals surface area contributed by atoms with Crippen LogP contribution in [0.5, 0.6) is 0 Å². The first-order chi connectivity index (χ1) is 4.78. The monoisotopic (exact) mass is 186 g/mol. The molecular weight excluding hydrogens is 168 g/mol. The topological polar surface area (TPSA) is 20.2 Å². The second-order valence-electron chi connectivity index (χ2n) is 4.89. The van der Waals surface area contributed by atoms with E-state index in [-0.39, 0.29) is 5.35 Å². The van der Waals surface area contributed by atoms with Crippen LogP contribution in [0.15, 0.2) is 11.8 Å². The van der Waals surface area contributed by atoms with E-state index in [4.69, 9.17) is 0 Å². The van der Waals surface area contributed by atoms with Crippen LogP contribution in [0.1, 0.15) is 0 Å². The molecule has 0 saturated carbocycles. The van der Waals surface area contributed by atoms with E-state index in [0.717, 1.165) is 6.04 Å². The minimum absolute atomic E-state index is 0.0301. The maximum absolute atomic E-state index is 10.0. The first kappa shape index (κ1) is 9.22. The zero-order chi connectivity index (χ0) is 8.86. The molecule has 1 N–H and O–H groups in total. The number of aliphatic hydroxyl groups excluding tert-OH is 1. The molecule has 0 aromatic rings. The Kier molecular flexibility index (Phi) is 1.94. The van der Waals surface area contributed by atoms with Gasteiger partial charge in [0.15, 0.2) is 0 Å². The molecular formula is C8H18OSi2. The number of allylic oxidation sites excluding steroid dienone is 1. The summed E-state index contributed by atoms with van der Waals surface area (Å²) >= 11 is 0. The Hall–Kier alpha value is 0.134. The highest BCUT2D eigenvalue weighted by Crippen LogP contribution is 2.38. The standard InChI is InChI=1S/C8H18OSi2/c1-7-6-10(2,3)8(9)11(7,4)5/h8-9H,1,6H2,2-5H3. The first-order valence-electron chi connectivity index (χ1n) is 4.15. The quantitative estimate of drug-likeness (QED) is 0.573. The number of aliphatic hydroxyl groups is 1. The Bertz CT molecular complexity index is 196. The largest absolute Gasteiger partial charge is 0.399 e. The molecule has 0 radical (unpaired) electrons. The highest BCUT2D eigenvalue weighted by atomic mass is 28.4. The van der Waals surface area contributed by atoms with Crippen LogP contribution in [0, 0.1) is 0 Å². The normalized spacial score (nSPS) is 34.3. The van der Waals surface area contributed by atoms with Crippen molar-refractivity contribution in [3.63, 3.8) is 0 Å². The van der Waals surface area contributed by atoms with Crippen LogP contribution in [0.3, 0.4) is 0 Å². The zero-order valence-corrected chi connectivity index (χ0v) is 9.94. The summed E-state index contributed by atoms with van der Waals surface area (Å²) in [6.45, 7) is 13.1. The second-order valence-corrected chi connectivity index (χ2v) is 15.0. The number of hydrogen-bond donors (Lipinski definition) is 1. The lowest BCUT2D eigenvalue weighted by Crippen LogP contribution is -2.49. The summed E-state index contributed by atoms with van der Waals surface area (Å²) in [5.74, 6) is 0. The summed E-state index contributed by atoms with van der Waals surface area (Å²) in [7, 11) is -2.78. The van der Waals surface area contributed by atoms with Crippen LogP contribution in [0.4, 0.5) is 0 Å². The Morgan fingerprint density at radius 1 is 1.36 bits per heavy atom. The molecule has 64 valence electrons. The van der Waals surface area contributed by atoms with Crippen LogP contribution in [0.2, 0.25) is 32.2 Å². The molecule has 1 saturated heterocycles. The summed E-state index contributed by atoms with van der Waals surface area (Å²) in [5, 5.41) is 11.4. The molecule has 0 spiro atoms. The number of hydrogen-bond acceptors (Lipinski definition) is 1. The molecule has 1 unspecified atom stereocenters. The predicted molar refractivity (Wildman–Crippen MR) is 54.9 cm³/mol. The second kappa shape index (κ2) is 2.31. The molecule has 1 heterocycles. The third-order valence-corrected chi connectivity index (χ3v) is 14.1. The van der Waals surface area contributed by atoms with Crippen LogP contribution in [0.25, 0.3) is 0 Å². The molecule has 3 heteroatoms. The van der Waals surface area contributed by atoms with Gasteiger partial charge in [-0.3, -0.25) is 0 Å². The summed E-state index contributed by atoms with van der Waals surface area (Å²) in [5.41, 5.74) is 0. The van der Waals surface area contributed by atoms with E-state index < -0.39 is 16.1 Å². The van der Waals surface area contributed by atoms with Crippen LogP contribution in [-0.4, -0.2) is 26.6 Å². The average molecular weight is 186 g/mol. The molecule has 0 amide bonds. The molecule has 0 aromatic heterocycles. The van der Waals surface area contributed by atoms with Gasteiger partial charge in [0.05, 0.1) is 8.07 Å². The fraction of sp³-hybridized carbons (Fsp3) is 0.750. The molecule has 11 heavy (non-hydrogen) atoms. The van der Waals surface area contributed by atoms with E-state index in [0.29, 0.717) is 0 Å². The molecule has 0 bridgehead atoms. The van der Waals surface area contributed by atoms with Gasteiger partial charge in [-0.15, -0.1) is 6.58 Å². The third-order valence-electron chi connectivity index (χ3n) is 3.00. The van der Waals surface area contributed by atoms with Crippen molar-refractivity contribution in [2.45, 2.75) is 37.6 Å². The molecule has 1 fully saturated rings. The lowest BCUT2D eigenvalue weighted by Gasteiger charge is -2.27. The Morgan fingerprint density at radius 3 is 1.91 bits per heavy atom. The molecule has 1 aliphatic rings. The SMILES string of the molecule is C=C1C[Si](C)(C)C(O)[Si]1(C)C. The van der Waals surface area contributed by atoms with Crippen molar-refractivity contribution in [1.82, 2.24) is 0 Å². The summed E-state index contributed by atoms with van der Waals surface area (Å²) in [4.78, 5) is 0. The lowest BCUT2D eigenvalue weighted by atomic mass is 10.7. The molecule has 1 atom stereocenters. The summed E-state index contributed by atoms with van der Waals surface area (Å²) < 4.78 is 0. The van der Waals surface area contributed by atoms with E-state index in [1.54, 1.807) is 0 Å². The van der Waals surface area contributed by atoms with Crippen LogP contribution >= 0.6 is 0 Å². The third kappa shape index (κ3) is 1.25. The molecule has 0 aromatic carbocycles. The van der Waals surface area contributed by atoms with E-state index in [1.165, 1.54) is 5.20 Å². The van der Waals surface area contributed by atoms with Gasteiger partial charge < -0.3 is 5.11 Å². The highest BCUT2D eigenvalue weighted by Gasteiger charge is 2.51. The van der Waals surface area contributed by atoms with E-state index in [1.807, 2.05) is 0 Å². The van der Waals surface area contributed by atoms with Crippen molar-refractivity contribution < 1.29 is 5.11 Å². The number of rotatable bonds is 0. The Balaban J connectivity index is 2.98. The van der Waals surface area contributed by atoms with Gasteiger partial charge >= 0.3 is 0 Å². The van der Waals surface area contributed by atoms with Gasteiger partial charge in [-0.25, -0.2) is 0 Å². The fourth-order valence-corrected chi connectivity index (χ4v) is 15.6. The first-order valence-corrected chi connectivity index (χ1v) is 10.5. The van der Waals surface area contributed by atoms with E-state index >= 15 is 0 Å². The molecule has 1 aliphatic heterocycles. The van der Waals surface area contributed by atoms with Crippen molar-refractivity contribution in [2.75, 3.05) is 0 Å². The van der Waals surface area contributed by atoms with Crippen molar-refractivity contribution in [3.05, 3.63) is 11.8 Å². The maximum Gasteiger partial charge on any atom is 0.103 e. The van der Waals surface area contributed by atoms with Crippen LogP contribution < -0.4 is 0 Å². The fourth-order valence-electron chi connectivity index (χ4n) is 2.04. The van der Waals surface area contributed by atoms with Gasteiger partial charge in [0.1, 0.15) is 8.07 Å². The minimum atomic E-state index is -1.46. The zero-order valence-electron chi connectivity index (χ0n) is 7.94. The molecule has 1 rings (SSSR count). The minimum Gasteiger partial charge on any atom is -0.399 e. The lowest BCUT2D eigenvalue weighted by molar-refractivity contribution is 0.313. The van der Waals surface area contributed by atoms with E-state index in [9.17, 15) is 5.11 Å². The summed E-state index contributed by atoms with van der Waals surface area (Å²) in [6.07, 6.45) is 0. The van der Waals surface area contributed by atoms with Gasteiger partial charge in [-0.2, -0.15) is 0 Å².